The summed E-state index contributed by atoms with van der Waals surface area (Å²) >= 11 is 13.1. The van der Waals surface area contributed by atoms with Gasteiger partial charge in [-0.3, -0.25) is 0 Å². The third-order valence-corrected chi connectivity index (χ3v) is 4.52. The van der Waals surface area contributed by atoms with Crippen LogP contribution in [0.15, 0.2) is 45.3 Å². The lowest BCUT2D eigenvalue weighted by Crippen LogP contribution is -2.18. The number of ether oxygens (including phenoxy) is 1. The Kier molecular flexibility index (Phi) is 6.11. The Bertz CT molecular complexity index is 634. The molecule has 0 spiro atoms. The van der Waals surface area contributed by atoms with Gasteiger partial charge in [0.1, 0.15) is 5.75 Å². The van der Waals surface area contributed by atoms with E-state index in [0.29, 0.717) is 6.54 Å². The smallest absolute Gasteiger partial charge is 0.137 e. The van der Waals surface area contributed by atoms with Crippen LogP contribution in [0, 0.1) is 0 Å². The molecule has 112 valence electrons. The highest BCUT2D eigenvalue weighted by Crippen LogP contribution is 2.33. The zero-order valence-corrected chi connectivity index (χ0v) is 15.7. The Hall–Kier alpha value is -0.550. The second-order valence-corrected chi connectivity index (χ2v) is 6.94. The molecule has 21 heavy (non-hydrogen) atoms. The van der Waals surface area contributed by atoms with E-state index in [9.17, 15) is 0 Å². The highest BCUT2D eigenvalue weighted by Gasteiger charge is 2.11. The van der Waals surface area contributed by atoms with Crippen molar-refractivity contribution < 1.29 is 4.74 Å². The zero-order chi connectivity index (χ0) is 15.4. The molecule has 0 aliphatic rings. The Morgan fingerprint density at radius 2 is 2.00 bits per heavy atom. The van der Waals surface area contributed by atoms with Gasteiger partial charge in [0.05, 0.1) is 11.6 Å². The van der Waals surface area contributed by atoms with Gasteiger partial charge in [-0.05, 0) is 52.7 Å². The van der Waals surface area contributed by atoms with Crippen molar-refractivity contribution in [3.8, 4) is 5.75 Å². The summed E-state index contributed by atoms with van der Waals surface area (Å²) in [7, 11) is 1.68. The lowest BCUT2D eigenvalue weighted by Gasteiger charge is -2.17. The normalized spacial score (nSPS) is 12.2. The third-order valence-electron chi connectivity index (χ3n) is 3.24. The number of nitrogens with one attached hydrogen (secondary N) is 1. The van der Waals surface area contributed by atoms with Crippen LogP contribution in [0.4, 0.5) is 0 Å². The lowest BCUT2D eigenvalue weighted by molar-refractivity contribution is 0.403. The topological polar surface area (TPSA) is 21.3 Å². The van der Waals surface area contributed by atoms with E-state index in [1.54, 1.807) is 7.11 Å². The van der Waals surface area contributed by atoms with Crippen LogP contribution in [0.5, 0.6) is 5.75 Å². The Morgan fingerprint density at radius 3 is 2.67 bits per heavy atom. The van der Waals surface area contributed by atoms with Gasteiger partial charge < -0.3 is 10.1 Å². The van der Waals surface area contributed by atoms with E-state index < -0.39 is 0 Å². The molecule has 2 nitrogen and oxygen atoms in total. The predicted octanol–water partition coefficient (Wildman–Crippen LogP) is 5.72. The fourth-order valence-electron chi connectivity index (χ4n) is 2.13. The minimum absolute atomic E-state index is 0.200. The second kappa shape index (κ2) is 7.63. The van der Waals surface area contributed by atoms with E-state index in [-0.39, 0.29) is 6.04 Å². The molecule has 1 atom stereocenters. The van der Waals surface area contributed by atoms with Crippen LogP contribution in [0.1, 0.15) is 24.1 Å². The quantitative estimate of drug-likeness (QED) is 0.651. The summed E-state index contributed by atoms with van der Waals surface area (Å²) in [6.45, 7) is 2.82. The molecule has 0 bridgehead atoms. The van der Waals surface area contributed by atoms with Crippen molar-refractivity contribution >= 4 is 43.5 Å². The molecule has 0 aliphatic heterocycles. The van der Waals surface area contributed by atoms with Crippen LogP contribution in [-0.2, 0) is 6.54 Å². The summed E-state index contributed by atoms with van der Waals surface area (Å²) in [4.78, 5) is 0. The maximum Gasteiger partial charge on any atom is 0.137 e. The number of methoxy groups -OCH3 is 1. The highest BCUT2D eigenvalue weighted by atomic mass is 79.9. The Labute approximate surface area is 147 Å². The van der Waals surface area contributed by atoms with Gasteiger partial charge in [0.15, 0.2) is 0 Å². The van der Waals surface area contributed by atoms with Crippen molar-refractivity contribution in [1.29, 1.82) is 0 Å². The molecule has 0 radical (unpaired) electrons. The summed E-state index contributed by atoms with van der Waals surface area (Å²) in [5.74, 6) is 0.851. The summed E-state index contributed by atoms with van der Waals surface area (Å²) in [6, 6.07) is 12.1. The number of hydrogen-bond acceptors (Lipinski definition) is 2. The molecule has 2 aromatic carbocycles. The second-order valence-electron chi connectivity index (χ2n) is 4.74. The van der Waals surface area contributed by atoms with Crippen molar-refractivity contribution in [1.82, 2.24) is 5.32 Å². The molecule has 0 saturated carbocycles. The number of rotatable bonds is 5. The van der Waals surface area contributed by atoms with Gasteiger partial charge in [-0.2, -0.15) is 0 Å². The zero-order valence-electron chi connectivity index (χ0n) is 11.8. The maximum absolute atomic E-state index is 6.04. The van der Waals surface area contributed by atoms with Crippen molar-refractivity contribution in [2.75, 3.05) is 7.11 Å². The number of halogens is 3. The van der Waals surface area contributed by atoms with Crippen LogP contribution in [0.3, 0.4) is 0 Å². The molecule has 0 saturated heterocycles. The largest absolute Gasteiger partial charge is 0.495 e. The fraction of sp³-hybridized carbons (Fsp3) is 0.250. The molecule has 2 rings (SSSR count). The average molecular weight is 434 g/mol. The van der Waals surface area contributed by atoms with Crippen molar-refractivity contribution in [2.24, 2.45) is 0 Å². The maximum atomic E-state index is 6.04. The molecule has 5 heteroatoms. The minimum atomic E-state index is 0.200. The van der Waals surface area contributed by atoms with E-state index in [1.165, 1.54) is 0 Å². The van der Waals surface area contributed by atoms with Gasteiger partial charge in [0, 0.05) is 27.6 Å². The van der Waals surface area contributed by atoms with E-state index in [1.807, 2.05) is 24.3 Å². The Morgan fingerprint density at radius 1 is 1.24 bits per heavy atom. The van der Waals surface area contributed by atoms with Crippen LogP contribution in [0.25, 0.3) is 0 Å². The molecule has 1 N–H and O–H groups in total. The highest BCUT2D eigenvalue weighted by molar-refractivity contribution is 9.11. The summed E-state index contributed by atoms with van der Waals surface area (Å²) in [5.41, 5.74) is 2.25. The summed E-state index contributed by atoms with van der Waals surface area (Å²) in [5, 5.41) is 4.24. The molecule has 0 aliphatic carbocycles. The van der Waals surface area contributed by atoms with Crippen LogP contribution in [-0.4, -0.2) is 7.11 Å². The minimum Gasteiger partial charge on any atom is -0.495 e. The molecule has 0 aromatic heterocycles. The first-order valence-corrected chi connectivity index (χ1v) is 8.48. The van der Waals surface area contributed by atoms with Gasteiger partial charge in [-0.25, -0.2) is 0 Å². The van der Waals surface area contributed by atoms with Gasteiger partial charge >= 0.3 is 0 Å². The molecular formula is C16H16Br2ClNO. The first-order chi connectivity index (χ1) is 10.0. The van der Waals surface area contributed by atoms with Crippen LogP contribution in [0.2, 0.25) is 5.02 Å². The molecule has 0 unspecified atom stereocenters. The fourth-order valence-corrected chi connectivity index (χ4v) is 3.80. The molecule has 2 aromatic rings. The van der Waals surface area contributed by atoms with Gasteiger partial charge in [0.25, 0.3) is 0 Å². The van der Waals surface area contributed by atoms with Gasteiger partial charge in [-0.1, -0.05) is 39.7 Å². The van der Waals surface area contributed by atoms with E-state index >= 15 is 0 Å². The first-order valence-electron chi connectivity index (χ1n) is 6.52. The molecule has 0 fully saturated rings. The molecule has 0 heterocycles. The number of hydrogen-bond donors (Lipinski definition) is 1. The van der Waals surface area contributed by atoms with E-state index in [0.717, 1.165) is 30.8 Å². The van der Waals surface area contributed by atoms with Gasteiger partial charge in [0.2, 0.25) is 0 Å². The van der Waals surface area contributed by atoms with Crippen molar-refractivity contribution in [2.45, 2.75) is 19.5 Å². The Balaban J connectivity index is 2.13. The van der Waals surface area contributed by atoms with Crippen LogP contribution >= 0.6 is 43.5 Å². The predicted molar refractivity (Wildman–Crippen MR) is 95.1 cm³/mol. The first kappa shape index (κ1) is 16.8. The molecular weight excluding hydrogens is 417 g/mol. The monoisotopic (exact) mass is 431 g/mol. The average Bonchev–Trinajstić information content (AvgIpc) is 2.44. The summed E-state index contributed by atoms with van der Waals surface area (Å²) < 4.78 is 7.41. The van der Waals surface area contributed by atoms with Gasteiger partial charge in [-0.15, -0.1) is 0 Å². The standard InChI is InChI=1S/C16H16Br2ClNO/c1-10(11-4-3-5-14(19)7-11)20-9-12-6-13(17)8-15(18)16(12)21-2/h3-8,10,20H,9H2,1-2H3/t10-/m1/s1. The third kappa shape index (κ3) is 4.46. The number of benzene rings is 2. The van der Waals surface area contributed by atoms with Crippen LogP contribution < -0.4 is 10.1 Å². The summed E-state index contributed by atoms with van der Waals surface area (Å²) in [6.07, 6.45) is 0. The van der Waals surface area contributed by atoms with E-state index in [2.05, 4.69) is 56.2 Å². The lowest BCUT2D eigenvalue weighted by atomic mass is 10.1. The van der Waals surface area contributed by atoms with E-state index in [4.69, 9.17) is 16.3 Å². The SMILES string of the molecule is COc1c(Br)cc(Br)cc1CN[C@H](C)c1cccc(Cl)c1. The molecule has 0 amide bonds. The van der Waals surface area contributed by atoms with Crippen molar-refractivity contribution in [3.63, 3.8) is 0 Å². The van der Waals surface area contributed by atoms with Crippen molar-refractivity contribution in [3.05, 3.63) is 61.5 Å².